The van der Waals surface area contributed by atoms with Gasteiger partial charge < -0.3 is 9.84 Å². The number of thiophene rings is 1. The fourth-order valence-electron chi connectivity index (χ4n) is 1.81. The maximum absolute atomic E-state index is 11.4. The predicted molar refractivity (Wildman–Crippen MR) is 71.4 cm³/mol. The molecule has 0 amide bonds. The number of aliphatic carboxylic acids is 1. The Hall–Kier alpha value is -1.81. The Bertz CT molecular complexity index is 502. The molecule has 1 N–H and O–H groups in total. The number of methoxy groups -OCH3 is 1. The van der Waals surface area contributed by atoms with E-state index in [-0.39, 0.29) is 0 Å². The predicted octanol–water partition coefficient (Wildman–Crippen LogP) is 3.17. The first-order valence-electron chi connectivity index (χ1n) is 5.60. The van der Waals surface area contributed by atoms with Gasteiger partial charge in [-0.3, -0.25) is 4.79 Å². The van der Waals surface area contributed by atoms with Crippen LogP contribution in [0.1, 0.15) is 16.4 Å². The van der Waals surface area contributed by atoms with Gasteiger partial charge in [-0.1, -0.05) is 18.2 Å². The zero-order chi connectivity index (χ0) is 13.0. The molecule has 0 aliphatic rings. The van der Waals surface area contributed by atoms with Gasteiger partial charge in [0.15, 0.2) is 0 Å². The maximum atomic E-state index is 11.4. The first kappa shape index (κ1) is 12.6. The van der Waals surface area contributed by atoms with Gasteiger partial charge in [0.05, 0.1) is 13.0 Å². The Kier molecular flexibility index (Phi) is 3.99. The monoisotopic (exact) mass is 262 g/mol. The lowest BCUT2D eigenvalue weighted by atomic mass is 9.95. The molecule has 1 aromatic heterocycles. The van der Waals surface area contributed by atoms with Gasteiger partial charge in [0.25, 0.3) is 0 Å². The molecular weight excluding hydrogens is 248 g/mol. The van der Waals surface area contributed by atoms with Crippen molar-refractivity contribution in [2.45, 2.75) is 12.3 Å². The molecular formula is C14H14O3S. The minimum Gasteiger partial charge on any atom is -0.497 e. The highest BCUT2D eigenvalue weighted by atomic mass is 32.1. The summed E-state index contributed by atoms with van der Waals surface area (Å²) in [6, 6.07) is 11.1. The summed E-state index contributed by atoms with van der Waals surface area (Å²) in [5.41, 5.74) is 0.803. The number of hydrogen-bond donors (Lipinski definition) is 1. The standard InChI is InChI=1S/C14H14O3S/c1-17-11-6-4-10(5-7-11)13(14(15)16)9-12-3-2-8-18-12/h2-8,13H,9H2,1H3,(H,15,16)/t13-/m1/s1. The Labute approximate surface area is 110 Å². The number of hydrogen-bond acceptors (Lipinski definition) is 3. The second-order valence-electron chi connectivity index (χ2n) is 3.95. The lowest BCUT2D eigenvalue weighted by Crippen LogP contribution is -2.13. The molecule has 0 saturated carbocycles. The quantitative estimate of drug-likeness (QED) is 0.900. The molecule has 2 rings (SSSR count). The number of ether oxygens (including phenoxy) is 1. The molecule has 18 heavy (non-hydrogen) atoms. The van der Waals surface area contributed by atoms with E-state index >= 15 is 0 Å². The van der Waals surface area contributed by atoms with Gasteiger partial charge in [0.2, 0.25) is 0 Å². The van der Waals surface area contributed by atoms with E-state index in [4.69, 9.17) is 4.74 Å². The topological polar surface area (TPSA) is 46.5 Å². The van der Waals surface area contributed by atoms with Gasteiger partial charge in [-0.25, -0.2) is 0 Å². The van der Waals surface area contributed by atoms with Gasteiger partial charge >= 0.3 is 5.97 Å². The van der Waals surface area contributed by atoms with Crippen LogP contribution in [0, 0.1) is 0 Å². The molecule has 0 spiro atoms. The van der Waals surface area contributed by atoms with Crippen LogP contribution in [0.15, 0.2) is 41.8 Å². The largest absolute Gasteiger partial charge is 0.497 e. The molecule has 0 radical (unpaired) electrons. The van der Waals surface area contributed by atoms with Crippen molar-refractivity contribution in [3.05, 3.63) is 52.2 Å². The van der Waals surface area contributed by atoms with Crippen LogP contribution in [0.4, 0.5) is 0 Å². The van der Waals surface area contributed by atoms with Crippen molar-refractivity contribution in [3.8, 4) is 5.75 Å². The van der Waals surface area contributed by atoms with E-state index < -0.39 is 11.9 Å². The van der Waals surface area contributed by atoms with Gasteiger partial charge in [-0.2, -0.15) is 0 Å². The van der Waals surface area contributed by atoms with Gasteiger partial charge in [-0.15, -0.1) is 11.3 Å². The molecule has 0 unspecified atom stereocenters. The molecule has 3 nitrogen and oxygen atoms in total. The molecule has 2 aromatic rings. The highest BCUT2D eigenvalue weighted by molar-refractivity contribution is 7.09. The van der Waals surface area contributed by atoms with E-state index in [1.165, 1.54) is 0 Å². The first-order chi connectivity index (χ1) is 8.70. The lowest BCUT2D eigenvalue weighted by molar-refractivity contribution is -0.138. The summed E-state index contributed by atoms with van der Waals surface area (Å²) in [5, 5.41) is 11.3. The van der Waals surface area contributed by atoms with Crippen LogP contribution >= 0.6 is 11.3 Å². The third kappa shape index (κ3) is 2.90. The van der Waals surface area contributed by atoms with Crippen LogP contribution in [-0.2, 0) is 11.2 Å². The summed E-state index contributed by atoms with van der Waals surface area (Å²) in [6.07, 6.45) is 0.527. The normalized spacial score (nSPS) is 12.1. The number of carbonyl (C=O) groups is 1. The van der Waals surface area contributed by atoms with Crippen molar-refractivity contribution < 1.29 is 14.6 Å². The van der Waals surface area contributed by atoms with Crippen molar-refractivity contribution in [3.63, 3.8) is 0 Å². The van der Waals surface area contributed by atoms with Crippen LogP contribution in [0.2, 0.25) is 0 Å². The minimum atomic E-state index is -0.798. The Morgan fingerprint density at radius 1 is 1.33 bits per heavy atom. The summed E-state index contributed by atoms with van der Waals surface area (Å²) >= 11 is 1.58. The third-order valence-corrected chi connectivity index (χ3v) is 3.70. The van der Waals surface area contributed by atoms with Gasteiger partial charge in [0.1, 0.15) is 5.75 Å². The third-order valence-electron chi connectivity index (χ3n) is 2.80. The number of rotatable bonds is 5. The molecule has 4 heteroatoms. The number of carboxylic acids is 1. The summed E-state index contributed by atoms with van der Waals surface area (Å²) < 4.78 is 5.07. The second kappa shape index (κ2) is 5.69. The summed E-state index contributed by atoms with van der Waals surface area (Å²) in [7, 11) is 1.59. The second-order valence-corrected chi connectivity index (χ2v) is 4.98. The molecule has 0 fully saturated rings. The molecule has 0 aliphatic heterocycles. The van der Waals surface area contributed by atoms with Crippen molar-refractivity contribution in [2.24, 2.45) is 0 Å². The van der Waals surface area contributed by atoms with E-state index in [0.717, 1.165) is 16.2 Å². The molecule has 1 aromatic carbocycles. The summed E-state index contributed by atoms with van der Waals surface area (Å²) in [4.78, 5) is 12.4. The average molecular weight is 262 g/mol. The van der Waals surface area contributed by atoms with Crippen molar-refractivity contribution in [1.29, 1.82) is 0 Å². The van der Waals surface area contributed by atoms with E-state index in [1.807, 2.05) is 29.6 Å². The van der Waals surface area contributed by atoms with E-state index in [1.54, 1.807) is 30.6 Å². The fourth-order valence-corrected chi connectivity index (χ4v) is 2.57. The smallest absolute Gasteiger partial charge is 0.311 e. The van der Waals surface area contributed by atoms with Crippen LogP contribution in [0.3, 0.4) is 0 Å². The van der Waals surface area contributed by atoms with E-state index in [0.29, 0.717) is 6.42 Å². The van der Waals surface area contributed by atoms with E-state index in [2.05, 4.69) is 0 Å². The van der Waals surface area contributed by atoms with Crippen LogP contribution < -0.4 is 4.74 Å². The van der Waals surface area contributed by atoms with E-state index in [9.17, 15) is 9.90 Å². The zero-order valence-corrected chi connectivity index (χ0v) is 10.8. The minimum absolute atomic E-state index is 0.505. The highest BCUT2D eigenvalue weighted by Crippen LogP contribution is 2.25. The zero-order valence-electron chi connectivity index (χ0n) is 10.00. The number of carboxylic acid groups (broad SMARTS) is 1. The Morgan fingerprint density at radius 3 is 2.56 bits per heavy atom. The van der Waals surface area contributed by atoms with Crippen molar-refractivity contribution in [1.82, 2.24) is 0 Å². The molecule has 1 atom stereocenters. The summed E-state index contributed by atoms with van der Waals surface area (Å²) in [5.74, 6) is -0.567. The molecule has 0 aliphatic carbocycles. The van der Waals surface area contributed by atoms with Gasteiger partial charge in [0, 0.05) is 4.88 Å². The lowest BCUT2D eigenvalue weighted by Gasteiger charge is -2.12. The summed E-state index contributed by atoms with van der Waals surface area (Å²) in [6.45, 7) is 0. The van der Waals surface area contributed by atoms with Gasteiger partial charge in [-0.05, 0) is 35.6 Å². The van der Waals surface area contributed by atoms with Crippen LogP contribution in [0.5, 0.6) is 5.75 Å². The SMILES string of the molecule is COc1ccc([C@@H](Cc2cccs2)C(=O)O)cc1. The maximum Gasteiger partial charge on any atom is 0.311 e. The molecule has 94 valence electrons. The Morgan fingerprint density at radius 2 is 2.06 bits per heavy atom. The fraction of sp³-hybridized carbons (Fsp3) is 0.214. The van der Waals surface area contributed by atoms with Crippen molar-refractivity contribution >= 4 is 17.3 Å². The molecule has 0 bridgehead atoms. The van der Waals surface area contributed by atoms with Crippen LogP contribution in [-0.4, -0.2) is 18.2 Å². The Balaban J connectivity index is 2.21. The molecule has 0 saturated heterocycles. The van der Waals surface area contributed by atoms with Crippen molar-refractivity contribution in [2.75, 3.05) is 7.11 Å². The molecule has 1 heterocycles. The van der Waals surface area contributed by atoms with Crippen LogP contribution in [0.25, 0.3) is 0 Å². The number of benzene rings is 1. The highest BCUT2D eigenvalue weighted by Gasteiger charge is 2.20. The first-order valence-corrected chi connectivity index (χ1v) is 6.48. The average Bonchev–Trinajstić information content (AvgIpc) is 2.89.